The van der Waals surface area contributed by atoms with Gasteiger partial charge in [-0.2, -0.15) is 0 Å². The molecule has 0 aliphatic carbocycles. The number of aliphatic hydroxyl groups is 1. The van der Waals surface area contributed by atoms with Gasteiger partial charge in [0.15, 0.2) is 0 Å². The summed E-state index contributed by atoms with van der Waals surface area (Å²) >= 11 is 1.30. The Morgan fingerprint density at radius 3 is 2.83 bits per heavy atom. The average molecular weight is 187 g/mol. The van der Waals surface area contributed by atoms with Crippen molar-refractivity contribution in [3.05, 3.63) is 21.9 Å². The molecule has 1 aromatic heterocycles. The van der Waals surface area contributed by atoms with Crippen LogP contribution in [0.3, 0.4) is 0 Å². The maximum Gasteiger partial charge on any atom is 0.325 e. The first-order chi connectivity index (χ1) is 5.65. The summed E-state index contributed by atoms with van der Waals surface area (Å²) in [5.74, 6) is -1.06. The molecule has 1 heterocycles. The highest BCUT2D eigenvalue weighted by Gasteiger charge is 2.15. The van der Waals surface area contributed by atoms with Crippen molar-refractivity contribution in [2.75, 3.05) is 0 Å². The van der Waals surface area contributed by atoms with Crippen molar-refractivity contribution in [3.63, 3.8) is 0 Å². The average Bonchev–Trinajstić information content (AvgIpc) is 2.50. The number of rotatable bonds is 3. The zero-order valence-electron chi connectivity index (χ0n) is 6.23. The summed E-state index contributed by atoms with van der Waals surface area (Å²) in [4.78, 5) is 11.1. The van der Waals surface area contributed by atoms with E-state index >= 15 is 0 Å². The summed E-state index contributed by atoms with van der Waals surface area (Å²) in [5.41, 5.74) is 5.87. The molecule has 1 unspecified atom stereocenters. The van der Waals surface area contributed by atoms with Crippen molar-refractivity contribution in [1.29, 1.82) is 0 Å². The molecule has 0 fully saturated rings. The Kier molecular flexibility index (Phi) is 2.80. The molecule has 0 aromatic carbocycles. The zero-order valence-corrected chi connectivity index (χ0v) is 7.04. The molecule has 0 radical (unpaired) electrons. The molecule has 0 spiro atoms. The van der Waals surface area contributed by atoms with Gasteiger partial charge in [0.1, 0.15) is 6.04 Å². The topological polar surface area (TPSA) is 83.6 Å². The monoisotopic (exact) mass is 187 g/mol. The number of hydrogen-bond donors (Lipinski definition) is 3. The maximum absolute atomic E-state index is 10.4. The number of aliphatic hydroxyl groups excluding tert-OH is 1. The van der Waals surface area contributed by atoms with E-state index in [1.165, 1.54) is 11.3 Å². The van der Waals surface area contributed by atoms with Gasteiger partial charge in [-0.1, -0.05) is 0 Å². The lowest BCUT2D eigenvalue weighted by molar-refractivity contribution is -0.138. The molecule has 4 nitrogen and oxygen atoms in total. The number of carboxylic acids is 1. The Balaban J connectivity index is 2.81. The van der Waals surface area contributed by atoms with Gasteiger partial charge in [0, 0.05) is 4.88 Å². The number of carbonyl (C=O) groups is 1. The highest BCUT2D eigenvalue weighted by Crippen LogP contribution is 2.19. The van der Waals surface area contributed by atoms with Gasteiger partial charge in [0.2, 0.25) is 0 Å². The largest absolute Gasteiger partial charge is 0.480 e. The quantitative estimate of drug-likeness (QED) is 0.636. The van der Waals surface area contributed by atoms with Crippen LogP contribution in [0, 0.1) is 0 Å². The molecule has 1 atom stereocenters. The second-order valence-corrected chi connectivity index (χ2v) is 3.32. The molecule has 0 saturated carbocycles. The van der Waals surface area contributed by atoms with Crippen molar-refractivity contribution >= 4 is 17.3 Å². The van der Waals surface area contributed by atoms with Gasteiger partial charge in [0.25, 0.3) is 0 Å². The maximum atomic E-state index is 10.4. The summed E-state index contributed by atoms with van der Waals surface area (Å²) in [6.45, 7) is -0.0724. The van der Waals surface area contributed by atoms with Gasteiger partial charge in [-0.25, -0.2) is 0 Å². The fourth-order valence-corrected chi connectivity index (χ4v) is 1.57. The Labute approximate surface area is 73.3 Å². The molecular formula is C7H9NO3S. The lowest BCUT2D eigenvalue weighted by atomic mass is 10.1. The Morgan fingerprint density at radius 1 is 1.75 bits per heavy atom. The third-order valence-electron chi connectivity index (χ3n) is 1.46. The predicted octanol–water partition coefficient (Wildman–Crippen LogP) is 0.325. The summed E-state index contributed by atoms with van der Waals surface area (Å²) in [5, 5.41) is 18.9. The second-order valence-electron chi connectivity index (χ2n) is 2.32. The highest BCUT2D eigenvalue weighted by molar-refractivity contribution is 7.10. The van der Waals surface area contributed by atoms with Crippen LogP contribution in [-0.2, 0) is 11.4 Å². The van der Waals surface area contributed by atoms with Crippen LogP contribution in [0.1, 0.15) is 16.5 Å². The smallest absolute Gasteiger partial charge is 0.325 e. The number of thiophene rings is 1. The summed E-state index contributed by atoms with van der Waals surface area (Å²) in [6, 6.07) is 0.616. The first-order valence-electron chi connectivity index (χ1n) is 3.31. The highest BCUT2D eigenvalue weighted by atomic mass is 32.1. The first-order valence-corrected chi connectivity index (χ1v) is 4.19. The fourth-order valence-electron chi connectivity index (χ4n) is 0.786. The van der Waals surface area contributed by atoms with Gasteiger partial charge in [0.05, 0.1) is 6.61 Å². The van der Waals surface area contributed by atoms with Crippen molar-refractivity contribution in [2.24, 2.45) is 5.73 Å². The van der Waals surface area contributed by atoms with Crippen LogP contribution >= 0.6 is 11.3 Å². The van der Waals surface area contributed by atoms with Crippen LogP contribution in [0.2, 0.25) is 0 Å². The van der Waals surface area contributed by atoms with Gasteiger partial charge < -0.3 is 15.9 Å². The number of carboxylic acid groups (broad SMARTS) is 1. The number of aliphatic carboxylic acids is 1. The minimum atomic E-state index is -1.06. The van der Waals surface area contributed by atoms with E-state index in [4.69, 9.17) is 15.9 Å². The van der Waals surface area contributed by atoms with E-state index in [1.54, 1.807) is 11.4 Å². The summed E-state index contributed by atoms with van der Waals surface area (Å²) < 4.78 is 0. The molecule has 5 heteroatoms. The Bertz CT molecular complexity index is 284. The van der Waals surface area contributed by atoms with E-state index in [9.17, 15) is 4.79 Å². The molecule has 0 aliphatic heterocycles. The first kappa shape index (κ1) is 9.18. The van der Waals surface area contributed by atoms with Crippen LogP contribution in [0.4, 0.5) is 0 Å². The molecule has 66 valence electrons. The van der Waals surface area contributed by atoms with E-state index < -0.39 is 12.0 Å². The minimum Gasteiger partial charge on any atom is -0.480 e. The van der Waals surface area contributed by atoms with Gasteiger partial charge >= 0.3 is 5.97 Å². The van der Waals surface area contributed by atoms with Gasteiger partial charge in [-0.15, -0.1) is 11.3 Å². The van der Waals surface area contributed by atoms with E-state index in [0.717, 1.165) is 4.88 Å². The van der Waals surface area contributed by atoms with E-state index in [2.05, 4.69) is 0 Å². The summed E-state index contributed by atoms with van der Waals surface area (Å²) in [6.07, 6.45) is 0. The van der Waals surface area contributed by atoms with Crippen LogP contribution < -0.4 is 5.73 Å². The van der Waals surface area contributed by atoms with Crippen molar-refractivity contribution in [1.82, 2.24) is 0 Å². The molecule has 0 saturated heterocycles. The van der Waals surface area contributed by atoms with E-state index in [1.807, 2.05) is 0 Å². The minimum absolute atomic E-state index is 0.0724. The zero-order chi connectivity index (χ0) is 9.14. The van der Waals surface area contributed by atoms with Crippen molar-refractivity contribution < 1.29 is 15.0 Å². The van der Waals surface area contributed by atoms with Crippen LogP contribution in [0.5, 0.6) is 0 Å². The molecule has 12 heavy (non-hydrogen) atoms. The predicted molar refractivity (Wildman–Crippen MR) is 44.8 cm³/mol. The third-order valence-corrected chi connectivity index (χ3v) is 2.39. The van der Waals surface area contributed by atoms with Crippen LogP contribution in [-0.4, -0.2) is 16.2 Å². The molecule has 0 aliphatic rings. The van der Waals surface area contributed by atoms with Gasteiger partial charge in [-0.05, 0) is 17.0 Å². The lowest BCUT2D eigenvalue weighted by Gasteiger charge is -2.01. The fraction of sp³-hybridized carbons (Fsp3) is 0.286. The van der Waals surface area contributed by atoms with Crippen LogP contribution in [0.15, 0.2) is 11.4 Å². The molecular weight excluding hydrogens is 178 g/mol. The Morgan fingerprint density at radius 2 is 2.42 bits per heavy atom. The SMILES string of the molecule is NC(C(=O)O)c1csc(CO)c1. The Hall–Kier alpha value is -0.910. The molecule has 4 N–H and O–H groups in total. The van der Waals surface area contributed by atoms with E-state index in [-0.39, 0.29) is 6.61 Å². The number of hydrogen-bond acceptors (Lipinski definition) is 4. The standard InChI is InChI=1S/C7H9NO3S/c8-6(7(10)11)4-1-5(2-9)12-3-4/h1,3,6,9H,2,8H2,(H,10,11). The number of nitrogens with two attached hydrogens (primary N) is 1. The summed E-state index contributed by atoms with van der Waals surface area (Å²) in [7, 11) is 0. The van der Waals surface area contributed by atoms with Gasteiger partial charge in [-0.3, -0.25) is 4.79 Å². The van der Waals surface area contributed by atoms with E-state index in [0.29, 0.717) is 5.56 Å². The molecule has 0 bridgehead atoms. The normalized spacial score (nSPS) is 12.8. The molecule has 0 amide bonds. The third kappa shape index (κ3) is 1.82. The lowest BCUT2D eigenvalue weighted by Crippen LogP contribution is -2.19. The molecule has 1 rings (SSSR count). The van der Waals surface area contributed by atoms with Crippen LogP contribution in [0.25, 0.3) is 0 Å². The van der Waals surface area contributed by atoms with Crippen molar-refractivity contribution in [3.8, 4) is 0 Å². The van der Waals surface area contributed by atoms with Crippen molar-refractivity contribution in [2.45, 2.75) is 12.6 Å². The molecule has 1 aromatic rings. The second kappa shape index (κ2) is 3.66.